The summed E-state index contributed by atoms with van der Waals surface area (Å²) in [5, 5.41) is 4.21. The van der Waals surface area contributed by atoms with E-state index < -0.39 is 41.5 Å². The second kappa shape index (κ2) is 8.47. The first-order valence-electron chi connectivity index (χ1n) is 8.31. The number of thioether (sulfide) groups is 1. The maximum absolute atomic E-state index is 12.4. The molecule has 1 aromatic heterocycles. The molecule has 2 rings (SSSR count). The number of hydrogen-bond acceptors (Lipinski definition) is 7. The number of carbonyl (C=O) groups is 4. The minimum absolute atomic E-state index is 0.308. The van der Waals surface area contributed by atoms with Crippen molar-refractivity contribution in [3.05, 3.63) is 24.2 Å². The molecule has 10 heteroatoms. The third-order valence-electron chi connectivity index (χ3n) is 3.51. The first-order chi connectivity index (χ1) is 12.6. The van der Waals surface area contributed by atoms with Crippen LogP contribution in [0.1, 0.15) is 38.8 Å². The topological polar surface area (TPSA) is 118 Å². The second-order valence-electron chi connectivity index (χ2n) is 7.00. The third-order valence-corrected chi connectivity index (χ3v) is 4.79. The molecule has 0 aliphatic carbocycles. The van der Waals surface area contributed by atoms with Crippen LogP contribution in [0.4, 0.5) is 4.79 Å². The molecule has 0 spiro atoms. The molecule has 2 atom stereocenters. The van der Waals surface area contributed by atoms with E-state index in [1.807, 2.05) is 0 Å². The lowest BCUT2D eigenvalue weighted by Crippen LogP contribution is -2.49. The highest BCUT2D eigenvalue weighted by atomic mass is 32.2. The summed E-state index contributed by atoms with van der Waals surface area (Å²) in [5.74, 6) is -0.902. The number of furan rings is 1. The van der Waals surface area contributed by atoms with E-state index in [0.717, 1.165) is 0 Å². The van der Waals surface area contributed by atoms with E-state index in [9.17, 15) is 19.2 Å². The monoisotopic (exact) mass is 397 g/mol. The molecular formula is C17H23N3O6S. The van der Waals surface area contributed by atoms with Gasteiger partial charge in [0, 0.05) is 18.2 Å². The highest BCUT2D eigenvalue weighted by Gasteiger charge is 2.43. The largest absolute Gasteiger partial charge is 0.466 e. The van der Waals surface area contributed by atoms with E-state index in [-0.39, 0.29) is 5.91 Å². The molecule has 0 bridgehead atoms. The Morgan fingerprint density at radius 1 is 1.33 bits per heavy atom. The van der Waals surface area contributed by atoms with Crippen molar-refractivity contribution in [3.63, 3.8) is 0 Å². The number of esters is 1. The Labute approximate surface area is 161 Å². The molecule has 9 nitrogen and oxygen atoms in total. The predicted molar refractivity (Wildman–Crippen MR) is 97.6 cm³/mol. The number of amides is 4. The number of carbonyl (C=O) groups excluding carboxylic acids is 4. The minimum atomic E-state index is -0.834. The molecule has 148 valence electrons. The number of nitrogens with one attached hydrogen (secondary N) is 2. The molecule has 0 unspecified atom stereocenters. The fourth-order valence-electron chi connectivity index (χ4n) is 2.49. The Balaban J connectivity index is 1.90. The van der Waals surface area contributed by atoms with Crippen LogP contribution in [0.5, 0.6) is 0 Å². The molecular weight excluding hydrogens is 374 g/mol. The highest BCUT2D eigenvalue weighted by molar-refractivity contribution is 7.99. The quantitative estimate of drug-likeness (QED) is 0.738. The van der Waals surface area contributed by atoms with Crippen molar-refractivity contribution in [2.45, 2.75) is 44.6 Å². The summed E-state index contributed by atoms with van der Waals surface area (Å²) in [6.07, 6.45) is 1.49. The molecule has 0 saturated carbocycles. The van der Waals surface area contributed by atoms with Gasteiger partial charge in [0.25, 0.3) is 5.91 Å². The Bertz CT molecular complexity index is 713. The van der Waals surface area contributed by atoms with Gasteiger partial charge in [0.1, 0.15) is 17.2 Å². The molecule has 1 aromatic rings. The summed E-state index contributed by atoms with van der Waals surface area (Å²) in [7, 11) is 0. The van der Waals surface area contributed by atoms with Crippen LogP contribution in [-0.4, -0.2) is 52.7 Å². The average Bonchev–Trinajstić information content (AvgIpc) is 3.18. The first-order valence-corrected chi connectivity index (χ1v) is 9.36. The van der Waals surface area contributed by atoms with Gasteiger partial charge in [-0.05, 0) is 32.9 Å². The number of urea groups is 1. The first kappa shape index (κ1) is 20.8. The van der Waals surface area contributed by atoms with Crippen LogP contribution in [0.15, 0.2) is 22.8 Å². The van der Waals surface area contributed by atoms with E-state index in [1.165, 1.54) is 29.8 Å². The van der Waals surface area contributed by atoms with Crippen LogP contribution >= 0.6 is 11.8 Å². The summed E-state index contributed by atoms with van der Waals surface area (Å²) in [6.45, 7) is 6.03. The highest BCUT2D eigenvalue weighted by Crippen LogP contribution is 2.41. The van der Waals surface area contributed by atoms with Crippen molar-refractivity contribution < 1.29 is 28.3 Å². The zero-order valence-electron chi connectivity index (χ0n) is 15.6. The maximum atomic E-state index is 12.4. The van der Waals surface area contributed by atoms with Crippen LogP contribution in [-0.2, 0) is 19.1 Å². The lowest BCUT2D eigenvalue weighted by atomic mass is 10.1. The number of rotatable bonds is 4. The Kier molecular flexibility index (Phi) is 6.53. The standard InChI is InChI=1S/C17H23N3O6S/c1-10(21)20-11(9-27-14(20)12-6-5-7-25-12)15(23)26-8-13(22)18-16(24)19-17(2,3)4/h5-7,11,14H,8-9H2,1-4H3,(H2,18,19,22,24)/t11-,14-/m0/s1. The van der Waals surface area contributed by atoms with Crippen molar-refractivity contribution in [1.29, 1.82) is 0 Å². The molecule has 2 heterocycles. The number of imide groups is 1. The Morgan fingerprint density at radius 3 is 2.59 bits per heavy atom. The average molecular weight is 397 g/mol. The van der Waals surface area contributed by atoms with Crippen LogP contribution < -0.4 is 10.6 Å². The molecule has 2 N–H and O–H groups in total. The van der Waals surface area contributed by atoms with Gasteiger partial charge in [-0.1, -0.05) is 0 Å². The normalized spacial score (nSPS) is 19.5. The van der Waals surface area contributed by atoms with Crippen molar-refractivity contribution in [3.8, 4) is 0 Å². The zero-order chi connectivity index (χ0) is 20.2. The molecule has 1 saturated heterocycles. The van der Waals surface area contributed by atoms with Gasteiger partial charge in [0.15, 0.2) is 6.61 Å². The van der Waals surface area contributed by atoms with Gasteiger partial charge in [-0.25, -0.2) is 9.59 Å². The van der Waals surface area contributed by atoms with Crippen molar-refractivity contribution in [2.24, 2.45) is 0 Å². The van der Waals surface area contributed by atoms with Crippen molar-refractivity contribution in [2.75, 3.05) is 12.4 Å². The molecule has 4 amide bonds. The van der Waals surface area contributed by atoms with Crippen LogP contribution in [0.2, 0.25) is 0 Å². The van der Waals surface area contributed by atoms with Gasteiger partial charge in [0.05, 0.1) is 6.26 Å². The molecule has 0 aromatic carbocycles. The summed E-state index contributed by atoms with van der Waals surface area (Å²) >= 11 is 1.37. The van der Waals surface area contributed by atoms with E-state index in [4.69, 9.17) is 9.15 Å². The molecule has 27 heavy (non-hydrogen) atoms. The smallest absolute Gasteiger partial charge is 0.330 e. The van der Waals surface area contributed by atoms with E-state index >= 15 is 0 Å². The van der Waals surface area contributed by atoms with Crippen LogP contribution in [0, 0.1) is 0 Å². The summed E-state index contributed by atoms with van der Waals surface area (Å²) in [5.41, 5.74) is -0.509. The SMILES string of the molecule is CC(=O)N1[C@H](C(=O)OCC(=O)NC(=O)NC(C)(C)C)CS[C@H]1c1ccco1. The van der Waals surface area contributed by atoms with Gasteiger partial charge >= 0.3 is 12.0 Å². The third kappa shape index (κ3) is 5.75. The molecule has 1 fully saturated rings. The molecule has 0 radical (unpaired) electrons. The Morgan fingerprint density at radius 2 is 2.04 bits per heavy atom. The number of nitrogens with zero attached hydrogens (tertiary/aromatic N) is 1. The van der Waals surface area contributed by atoms with Crippen LogP contribution in [0.25, 0.3) is 0 Å². The molecule has 1 aliphatic rings. The lowest BCUT2D eigenvalue weighted by Gasteiger charge is -2.25. The van der Waals surface area contributed by atoms with Crippen molar-refractivity contribution in [1.82, 2.24) is 15.5 Å². The Hall–Kier alpha value is -2.49. The predicted octanol–water partition coefficient (Wildman–Crippen LogP) is 1.41. The summed E-state index contributed by atoms with van der Waals surface area (Å²) < 4.78 is 10.3. The van der Waals surface area contributed by atoms with Gasteiger partial charge in [-0.2, -0.15) is 0 Å². The maximum Gasteiger partial charge on any atom is 0.330 e. The number of ether oxygens (including phenoxy) is 1. The second-order valence-corrected chi connectivity index (χ2v) is 8.12. The summed E-state index contributed by atoms with van der Waals surface area (Å²) in [4.78, 5) is 49.1. The van der Waals surface area contributed by atoms with E-state index in [2.05, 4.69) is 10.6 Å². The van der Waals surface area contributed by atoms with E-state index in [1.54, 1.807) is 32.9 Å². The number of hydrogen-bond donors (Lipinski definition) is 2. The van der Waals surface area contributed by atoms with Gasteiger partial charge in [0.2, 0.25) is 5.91 Å². The fourth-order valence-corrected chi connectivity index (χ4v) is 3.91. The van der Waals surface area contributed by atoms with Crippen molar-refractivity contribution >= 4 is 35.6 Å². The fraction of sp³-hybridized carbons (Fsp3) is 0.529. The van der Waals surface area contributed by atoms with Crippen LogP contribution in [0.3, 0.4) is 0 Å². The van der Waals surface area contributed by atoms with Gasteiger partial charge in [-0.15, -0.1) is 11.8 Å². The van der Waals surface area contributed by atoms with E-state index in [0.29, 0.717) is 11.5 Å². The summed E-state index contributed by atoms with van der Waals surface area (Å²) in [6, 6.07) is 1.91. The van der Waals surface area contributed by atoms with Gasteiger partial charge in [-0.3, -0.25) is 14.9 Å². The molecule has 1 aliphatic heterocycles. The zero-order valence-corrected chi connectivity index (χ0v) is 16.4. The lowest BCUT2D eigenvalue weighted by molar-refractivity contribution is -0.156. The minimum Gasteiger partial charge on any atom is -0.466 e. The van der Waals surface area contributed by atoms with Gasteiger partial charge < -0.3 is 19.4 Å².